The number of nitrogens with one attached hydrogen (secondary N) is 1. The smallest absolute Gasteiger partial charge is 0.387 e. The lowest BCUT2D eigenvalue weighted by Crippen LogP contribution is -2.25. The summed E-state index contributed by atoms with van der Waals surface area (Å²) < 4.78 is 33.9. The van der Waals surface area contributed by atoms with Crippen molar-refractivity contribution < 1.29 is 18.3 Å². The average Bonchev–Trinajstić information content (AvgIpc) is 2.82. The predicted molar refractivity (Wildman–Crippen MR) is 63.8 cm³/mol. The van der Waals surface area contributed by atoms with Crippen molar-refractivity contribution in [1.82, 2.24) is 5.32 Å². The van der Waals surface area contributed by atoms with Crippen molar-refractivity contribution in [2.24, 2.45) is 0 Å². The van der Waals surface area contributed by atoms with Gasteiger partial charge in [0.2, 0.25) is 0 Å². The standard InChI is InChI=1S/C13H17F2NO2/c14-13(15)18-11-4-1-3-10(7-11)8-16-9-12-5-2-6-17-12/h1,3-4,7,12-13,16H,2,5-6,8-9H2/t12-/m1/s1. The van der Waals surface area contributed by atoms with Gasteiger partial charge in [-0.1, -0.05) is 12.1 Å². The summed E-state index contributed by atoms with van der Waals surface area (Å²) in [5.74, 6) is 0.196. The van der Waals surface area contributed by atoms with Crippen molar-refractivity contribution in [2.45, 2.75) is 32.1 Å². The number of ether oxygens (including phenoxy) is 2. The Morgan fingerprint density at radius 1 is 1.44 bits per heavy atom. The molecule has 1 aromatic rings. The molecule has 1 fully saturated rings. The zero-order chi connectivity index (χ0) is 12.8. The zero-order valence-electron chi connectivity index (χ0n) is 10.1. The van der Waals surface area contributed by atoms with Crippen LogP contribution in [0.4, 0.5) is 8.78 Å². The quantitative estimate of drug-likeness (QED) is 0.849. The van der Waals surface area contributed by atoms with Crippen LogP contribution in [-0.2, 0) is 11.3 Å². The van der Waals surface area contributed by atoms with Crippen LogP contribution in [0.2, 0.25) is 0 Å². The van der Waals surface area contributed by atoms with Gasteiger partial charge in [-0.25, -0.2) is 0 Å². The maximum atomic E-state index is 12.1. The van der Waals surface area contributed by atoms with E-state index in [2.05, 4.69) is 10.1 Å². The highest BCUT2D eigenvalue weighted by atomic mass is 19.3. The molecular formula is C13H17F2NO2. The second-order valence-electron chi connectivity index (χ2n) is 4.29. The highest BCUT2D eigenvalue weighted by molar-refractivity contribution is 5.28. The number of hydrogen-bond acceptors (Lipinski definition) is 3. The molecule has 1 heterocycles. The predicted octanol–water partition coefficient (Wildman–Crippen LogP) is 2.56. The Morgan fingerprint density at radius 2 is 2.33 bits per heavy atom. The van der Waals surface area contributed by atoms with Gasteiger partial charge in [0.05, 0.1) is 6.10 Å². The molecule has 0 unspecified atom stereocenters. The van der Waals surface area contributed by atoms with Gasteiger partial charge < -0.3 is 14.8 Å². The van der Waals surface area contributed by atoms with Gasteiger partial charge in [-0.15, -0.1) is 0 Å². The van der Waals surface area contributed by atoms with Crippen molar-refractivity contribution in [3.8, 4) is 5.75 Å². The fourth-order valence-electron chi connectivity index (χ4n) is 2.01. The van der Waals surface area contributed by atoms with Crippen LogP contribution in [-0.4, -0.2) is 25.9 Å². The van der Waals surface area contributed by atoms with E-state index in [1.165, 1.54) is 6.07 Å². The maximum Gasteiger partial charge on any atom is 0.387 e. The summed E-state index contributed by atoms with van der Waals surface area (Å²) in [5, 5.41) is 3.26. The fourth-order valence-corrected chi connectivity index (χ4v) is 2.01. The van der Waals surface area contributed by atoms with Crippen LogP contribution < -0.4 is 10.1 Å². The van der Waals surface area contributed by atoms with Crippen molar-refractivity contribution >= 4 is 0 Å². The van der Waals surface area contributed by atoms with Crippen LogP contribution in [0.5, 0.6) is 5.75 Å². The maximum absolute atomic E-state index is 12.1. The number of halogens is 2. The van der Waals surface area contributed by atoms with Gasteiger partial charge in [0.1, 0.15) is 5.75 Å². The fraction of sp³-hybridized carbons (Fsp3) is 0.538. The first kappa shape index (κ1) is 13.2. The number of benzene rings is 1. The van der Waals surface area contributed by atoms with E-state index < -0.39 is 6.61 Å². The molecule has 1 aromatic carbocycles. The minimum Gasteiger partial charge on any atom is -0.435 e. The Hall–Kier alpha value is -1.20. The molecule has 1 aliphatic rings. The van der Waals surface area contributed by atoms with Crippen molar-refractivity contribution in [2.75, 3.05) is 13.2 Å². The first-order valence-electron chi connectivity index (χ1n) is 6.10. The Bertz CT molecular complexity index is 368. The molecule has 0 radical (unpaired) electrons. The van der Waals surface area contributed by atoms with Crippen LogP contribution in [0.25, 0.3) is 0 Å². The summed E-state index contributed by atoms with van der Waals surface area (Å²) in [6, 6.07) is 6.73. The Balaban J connectivity index is 1.77. The van der Waals surface area contributed by atoms with E-state index in [1.807, 2.05) is 6.07 Å². The van der Waals surface area contributed by atoms with E-state index in [1.54, 1.807) is 12.1 Å². The largest absolute Gasteiger partial charge is 0.435 e. The Kier molecular flexibility index (Phi) is 4.90. The molecule has 1 N–H and O–H groups in total. The monoisotopic (exact) mass is 257 g/mol. The summed E-state index contributed by atoms with van der Waals surface area (Å²) in [6.07, 6.45) is 2.48. The topological polar surface area (TPSA) is 30.5 Å². The molecular weight excluding hydrogens is 240 g/mol. The third-order valence-corrected chi connectivity index (χ3v) is 2.85. The first-order valence-corrected chi connectivity index (χ1v) is 6.10. The molecule has 100 valence electrons. The van der Waals surface area contributed by atoms with Gasteiger partial charge >= 0.3 is 6.61 Å². The summed E-state index contributed by atoms with van der Waals surface area (Å²) in [4.78, 5) is 0. The molecule has 2 rings (SSSR count). The third-order valence-electron chi connectivity index (χ3n) is 2.85. The molecule has 0 bridgehead atoms. The van der Waals surface area contributed by atoms with Crippen LogP contribution in [0.1, 0.15) is 18.4 Å². The second kappa shape index (κ2) is 6.66. The number of alkyl halides is 2. The van der Waals surface area contributed by atoms with Gasteiger partial charge in [-0.05, 0) is 30.5 Å². The highest BCUT2D eigenvalue weighted by Gasteiger charge is 2.14. The molecule has 0 saturated carbocycles. The van der Waals surface area contributed by atoms with E-state index in [0.717, 1.165) is 31.6 Å². The van der Waals surface area contributed by atoms with Gasteiger partial charge in [0, 0.05) is 19.7 Å². The summed E-state index contributed by atoms with van der Waals surface area (Å²) in [6.45, 7) is -0.523. The lowest BCUT2D eigenvalue weighted by molar-refractivity contribution is -0.0498. The average molecular weight is 257 g/mol. The molecule has 1 aliphatic heterocycles. The second-order valence-corrected chi connectivity index (χ2v) is 4.29. The molecule has 3 nitrogen and oxygen atoms in total. The van der Waals surface area contributed by atoms with Crippen LogP contribution in [0.3, 0.4) is 0 Å². The van der Waals surface area contributed by atoms with Crippen LogP contribution >= 0.6 is 0 Å². The lowest BCUT2D eigenvalue weighted by atomic mass is 10.2. The molecule has 0 amide bonds. The summed E-state index contributed by atoms with van der Waals surface area (Å²) in [5.41, 5.74) is 0.922. The molecule has 18 heavy (non-hydrogen) atoms. The van der Waals surface area contributed by atoms with Gasteiger partial charge in [0.25, 0.3) is 0 Å². The Labute approximate surface area is 105 Å². The van der Waals surface area contributed by atoms with Crippen molar-refractivity contribution in [3.05, 3.63) is 29.8 Å². The minimum absolute atomic E-state index is 0.196. The van der Waals surface area contributed by atoms with Gasteiger partial charge in [0.15, 0.2) is 0 Å². The van der Waals surface area contributed by atoms with E-state index in [4.69, 9.17) is 4.74 Å². The molecule has 0 aromatic heterocycles. The zero-order valence-corrected chi connectivity index (χ0v) is 10.1. The highest BCUT2D eigenvalue weighted by Crippen LogP contribution is 2.16. The summed E-state index contributed by atoms with van der Waals surface area (Å²) >= 11 is 0. The molecule has 0 spiro atoms. The van der Waals surface area contributed by atoms with Gasteiger partial charge in [-0.3, -0.25) is 0 Å². The van der Waals surface area contributed by atoms with Crippen LogP contribution in [0.15, 0.2) is 24.3 Å². The number of rotatable bonds is 6. The van der Waals surface area contributed by atoms with Crippen molar-refractivity contribution in [3.63, 3.8) is 0 Å². The third kappa shape index (κ3) is 4.23. The van der Waals surface area contributed by atoms with E-state index >= 15 is 0 Å². The lowest BCUT2D eigenvalue weighted by Gasteiger charge is -2.11. The molecule has 5 heteroatoms. The van der Waals surface area contributed by atoms with E-state index in [9.17, 15) is 8.78 Å². The van der Waals surface area contributed by atoms with Crippen molar-refractivity contribution in [1.29, 1.82) is 0 Å². The van der Waals surface area contributed by atoms with Gasteiger partial charge in [-0.2, -0.15) is 8.78 Å². The van der Waals surface area contributed by atoms with Crippen LogP contribution in [0, 0.1) is 0 Å². The SMILES string of the molecule is FC(F)Oc1cccc(CNC[C@H]2CCCO2)c1. The summed E-state index contributed by atoms with van der Waals surface area (Å²) in [7, 11) is 0. The molecule has 1 saturated heterocycles. The first-order chi connectivity index (χ1) is 8.74. The normalized spacial score (nSPS) is 19.4. The number of hydrogen-bond donors (Lipinski definition) is 1. The molecule has 0 aliphatic carbocycles. The molecule has 1 atom stereocenters. The Morgan fingerprint density at radius 3 is 3.06 bits per heavy atom. The minimum atomic E-state index is -2.78. The van der Waals surface area contributed by atoms with E-state index in [-0.39, 0.29) is 11.9 Å². The van der Waals surface area contributed by atoms with E-state index in [0.29, 0.717) is 6.54 Å².